The van der Waals surface area contributed by atoms with Crippen molar-refractivity contribution >= 4 is 16.8 Å². The van der Waals surface area contributed by atoms with Crippen molar-refractivity contribution in [2.24, 2.45) is 5.73 Å². The van der Waals surface area contributed by atoms with Crippen LogP contribution in [-0.2, 0) is 12.8 Å². The number of rotatable bonds is 8. The van der Waals surface area contributed by atoms with Gasteiger partial charge < -0.3 is 15.5 Å². The number of fused-ring (bicyclic) bond motifs is 2. The summed E-state index contributed by atoms with van der Waals surface area (Å²) in [4.78, 5) is 17.6. The van der Waals surface area contributed by atoms with Crippen molar-refractivity contribution in [1.82, 2.24) is 9.88 Å². The Morgan fingerprint density at radius 3 is 2.94 bits per heavy atom. The second kappa shape index (κ2) is 9.63. The zero-order valence-electron chi connectivity index (χ0n) is 19.0. The largest absolute Gasteiger partial charge is 0.489 e. The highest BCUT2D eigenvalue weighted by atomic mass is 19.1. The second-order valence-electron chi connectivity index (χ2n) is 8.75. The highest BCUT2D eigenvalue weighted by Gasteiger charge is 2.32. The quantitative estimate of drug-likeness (QED) is 0.537. The SMILES string of the molecule is CCCN([C@H]1COc2c(F)ccc(C(N)=O)c2C1)[C@@H](C)CCc1c[nH]c2ccc(C#N)cc12. The van der Waals surface area contributed by atoms with Crippen LogP contribution < -0.4 is 10.5 Å². The minimum Gasteiger partial charge on any atom is -0.489 e. The van der Waals surface area contributed by atoms with Crippen molar-refractivity contribution in [2.45, 2.75) is 51.6 Å². The predicted octanol–water partition coefficient (Wildman–Crippen LogP) is 4.31. The average Bonchev–Trinajstić information content (AvgIpc) is 3.22. The van der Waals surface area contributed by atoms with Gasteiger partial charge in [-0.2, -0.15) is 5.26 Å². The first-order valence-corrected chi connectivity index (χ1v) is 11.4. The Morgan fingerprint density at radius 1 is 1.39 bits per heavy atom. The van der Waals surface area contributed by atoms with Gasteiger partial charge in [0.25, 0.3) is 0 Å². The number of nitrogens with zero attached hydrogens (tertiary/aromatic N) is 2. The molecule has 0 saturated carbocycles. The van der Waals surface area contributed by atoms with Crippen molar-refractivity contribution in [1.29, 1.82) is 5.26 Å². The fourth-order valence-corrected chi connectivity index (χ4v) is 4.88. The van der Waals surface area contributed by atoms with Crippen molar-refractivity contribution in [2.75, 3.05) is 13.2 Å². The Bertz CT molecular complexity index is 1210. The Morgan fingerprint density at radius 2 is 2.21 bits per heavy atom. The third-order valence-electron chi connectivity index (χ3n) is 6.58. The number of ether oxygens (including phenoxy) is 1. The van der Waals surface area contributed by atoms with E-state index in [4.69, 9.17) is 10.5 Å². The van der Waals surface area contributed by atoms with Gasteiger partial charge in [-0.1, -0.05) is 6.92 Å². The number of carbonyl (C=O) groups excluding carboxylic acids is 1. The van der Waals surface area contributed by atoms with Crippen molar-refractivity contribution < 1.29 is 13.9 Å². The molecule has 1 aliphatic rings. The van der Waals surface area contributed by atoms with Crippen LogP contribution in [0.15, 0.2) is 36.5 Å². The maximum absolute atomic E-state index is 14.3. The average molecular weight is 449 g/mol. The normalized spacial score (nSPS) is 16.3. The number of benzene rings is 2. The molecule has 1 aliphatic heterocycles. The number of primary amides is 1. The Hall–Kier alpha value is -3.37. The lowest BCUT2D eigenvalue weighted by Crippen LogP contribution is -2.48. The molecule has 4 rings (SSSR count). The number of aryl methyl sites for hydroxylation is 1. The molecule has 33 heavy (non-hydrogen) atoms. The minimum absolute atomic E-state index is 0.0283. The maximum atomic E-state index is 14.3. The van der Waals surface area contributed by atoms with Crippen LogP contribution in [0.25, 0.3) is 10.9 Å². The van der Waals surface area contributed by atoms with E-state index in [1.165, 1.54) is 17.7 Å². The Labute approximate surface area is 193 Å². The summed E-state index contributed by atoms with van der Waals surface area (Å²) in [5, 5.41) is 10.3. The van der Waals surface area contributed by atoms with E-state index in [0.29, 0.717) is 29.7 Å². The van der Waals surface area contributed by atoms with E-state index in [1.54, 1.807) is 0 Å². The van der Waals surface area contributed by atoms with Gasteiger partial charge in [0.05, 0.1) is 11.6 Å². The number of nitriles is 1. The molecule has 3 aromatic rings. The smallest absolute Gasteiger partial charge is 0.249 e. The minimum atomic E-state index is -0.568. The molecule has 1 amide bonds. The fraction of sp³-hybridized carbons (Fsp3) is 0.385. The van der Waals surface area contributed by atoms with Crippen LogP contribution >= 0.6 is 0 Å². The van der Waals surface area contributed by atoms with Crippen LogP contribution in [0, 0.1) is 17.1 Å². The molecule has 0 radical (unpaired) electrons. The standard InChI is InChI=1S/C26H29FN4O2/c1-3-10-31(19-12-22-20(26(29)32)7-8-23(27)25(22)33-15-19)16(2)4-6-18-14-30-24-9-5-17(13-28)11-21(18)24/h5,7-9,11,14,16,19,30H,3-4,6,10,12,15H2,1-2H3,(H2,29,32)/t16-,19+/m0/s1. The van der Waals surface area contributed by atoms with Gasteiger partial charge in [0.1, 0.15) is 6.61 Å². The lowest BCUT2D eigenvalue weighted by Gasteiger charge is -2.39. The molecule has 0 aliphatic carbocycles. The molecule has 0 spiro atoms. The Balaban J connectivity index is 1.52. The van der Waals surface area contributed by atoms with Gasteiger partial charge in [-0.15, -0.1) is 0 Å². The van der Waals surface area contributed by atoms with Crippen molar-refractivity contribution in [3.63, 3.8) is 0 Å². The molecular weight excluding hydrogens is 419 g/mol. The zero-order valence-corrected chi connectivity index (χ0v) is 19.0. The number of H-pyrrole nitrogens is 1. The molecule has 0 saturated heterocycles. The first kappa shape index (κ1) is 22.8. The van der Waals surface area contributed by atoms with Gasteiger partial charge in [0, 0.05) is 40.3 Å². The molecule has 0 unspecified atom stereocenters. The molecule has 0 fully saturated rings. The predicted molar refractivity (Wildman–Crippen MR) is 126 cm³/mol. The molecule has 0 bridgehead atoms. The van der Waals surface area contributed by atoms with Crippen LogP contribution in [-0.4, -0.2) is 41.0 Å². The zero-order chi connectivity index (χ0) is 23.5. The summed E-state index contributed by atoms with van der Waals surface area (Å²) in [6, 6.07) is 10.9. The summed E-state index contributed by atoms with van der Waals surface area (Å²) >= 11 is 0. The fourth-order valence-electron chi connectivity index (χ4n) is 4.88. The van der Waals surface area contributed by atoms with E-state index in [2.05, 4.69) is 29.8 Å². The van der Waals surface area contributed by atoms with Crippen molar-refractivity contribution in [3.05, 3.63) is 64.6 Å². The number of carbonyl (C=O) groups is 1. The van der Waals surface area contributed by atoms with E-state index in [1.807, 2.05) is 24.4 Å². The van der Waals surface area contributed by atoms with Gasteiger partial charge >= 0.3 is 0 Å². The Kier molecular flexibility index (Phi) is 6.66. The molecule has 2 heterocycles. The van der Waals surface area contributed by atoms with E-state index < -0.39 is 11.7 Å². The van der Waals surface area contributed by atoms with Crippen LogP contribution in [0.5, 0.6) is 5.75 Å². The molecule has 6 nitrogen and oxygen atoms in total. The van der Waals surface area contributed by atoms with Crippen molar-refractivity contribution in [3.8, 4) is 11.8 Å². The molecule has 1 aromatic heterocycles. The number of hydrogen-bond acceptors (Lipinski definition) is 4. The second-order valence-corrected chi connectivity index (χ2v) is 8.75. The number of nitrogens with two attached hydrogens (primary N) is 1. The van der Waals surface area contributed by atoms with E-state index in [-0.39, 0.29) is 17.8 Å². The number of amides is 1. The van der Waals surface area contributed by atoms with E-state index >= 15 is 0 Å². The van der Waals surface area contributed by atoms with Gasteiger partial charge in [-0.3, -0.25) is 9.69 Å². The number of hydrogen-bond donors (Lipinski definition) is 2. The lowest BCUT2D eigenvalue weighted by atomic mass is 9.94. The molecule has 3 N–H and O–H groups in total. The monoisotopic (exact) mass is 448 g/mol. The number of halogens is 1. The summed E-state index contributed by atoms with van der Waals surface area (Å²) < 4.78 is 20.1. The van der Waals surface area contributed by atoms with Gasteiger partial charge in [0.2, 0.25) is 5.91 Å². The van der Waals surface area contributed by atoms with E-state index in [9.17, 15) is 14.4 Å². The first-order valence-electron chi connectivity index (χ1n) is 11.4. The molecule has 7 heteroatoms. The van der Waals surface area contributed by atoms with Gasteiger partial charge in [-0.05, 0) is 75.0 Å². The number of nitrogens with one attached hydrogen (secondary N) is 1. The van der Waals surface area contributed by atoms with Gasteiger partial charge in [-0.25, -0.2) is 4.39 Å². The summed E-state index contributed by atoms with van der Waals surface area (Å²) in [5.41, 5.74) is 9.30. The third kappa shape index (κ3) is 4.57. The molecule has 2 atom stereocenters. The lowest BCUT2D eigenvalue weighted by molar-refractivity contribution is 0.0794. The number of aromatic amines is 1. The first-order chi connectivity index (χ1) is 15.9. The van der Waals surface area contributed by atoms with Crippen LogP contribution in [0.2, 0.25) is 0 Å². The van der Waals surface area contributed by atoms with Crippen LogP contribution in [0.3, 0.4) is 0 Å². The number of aromatic nitrogens is 1. The topological polar surface area (TPSA) is 95.1 Å². The molecular formula is C26H29FN4O2. The van der Waals surface area contributed by atoms with Gasteiger partial charge in [0.15, 0.2) is 11.6 Å². The third-order valence-corrected chi connectivity index (χ3v) is 6.58. The summed E-state index contributed by atoms with van der Waals surface area (Å²) in [5.74, 6) is -0.875. The molecule has 2 aromatic carbocycles. The summed E-state index contributed by atoms with van der Waals surface area (Å²) in [6.45, 7) is 5.57. The highest BCUT2D eigenvalue weighted by Crippen LogP contribution is 2.33. The maximum Gasteiger partial charge on any atom is 0.249 e. The summed E-state index contributed by atoms with van der Waals surface area (Å²) in [7, 11) is 0. The van der Waals surface area contributed by atoms with Crippen LogP contribution in [0.4, 0.5) is 4.39 Å². The molecule has 172 valence electrons. The highest BCUT2D eigenvalue weighted by molar-refractivity contribution is 5.95. The summed E-state index contributed by atoms with van der Waals surface area (Å²) in [6.07, 6.45) is 5.29. The van der Waals surface area contributed by atoms with Crippen LogP contribution in [0.1, 0.15) is 53.7 Å². The van der Waals surface area contributed by atoms with E-state index in [0.717, 1.165) is 36.7 Å².